The van der Waals surface area contributed by atoms with E-state index in [0.29, 0.717) is 20.0 Å². The molecule has 21 heavy (non-hydrogen) atoms. The van der Waals surface area contributed by atoms with Gasteiger partial charge in [-0.2, -0.15) is 13.2 Å². The molecule has 0 fully saturated rings. The van der Waals surface area contributed by atoms with E-state index in [2.05, 4.69) is 5.32 Å². The molecule has 2 unspecified atom stereocenters. The van der Waals surface area contributed by atoms with Crippen LogP contribution in [0.1, 0.15) is 24.2 Å². The summed E-state index contributed by atoms with van der Waals surface area (Å²) in [6, 6.07) is 7.31. The predicted octanol–water partition coefficient (Wildman–Crippen LogP) is 2.30. The molecule has 0 aromatic heterocycles. The van der Waals surface area contributed by atoms with Gasteiger partial charge in [0.15, 0.2) is 0 Å². The number of nitrogens with one attached hydrogen (secondary N) is 1. The van der Waals surface area contributed by atoms with E-state index in [1.165, 1.54) is 0 Å². The number of hydrogen-bond acceptors (Lipinski definition) is 3. The second-order valence-electron chi connectivity index (χ2n) is 5.12. The number of hydrogen-bond donors (Lipinski definition) is 2. The van der Waals surface area contributed by atoms with E-state index in [1.807, 2.05) is 12.1 Å². The number of benzene rings is 1. The SMILES string of the molecule is CC(NCC1OCCc2ccccc21)(C(=O)O)C(F)(F)F. The van der Waals surface area contributed by atoms with Crippen molar-refractivity contribution in [3.05, 3.63) is 35.4 Å². The van der Waals surface area contributed by atoms with Crippen LogP contribution in [-0.4, -0.2) is 35.9 Å². The largest absolute Gasteiger partial charge is 0.480 e. The molecule has 0 saturated carbocycles. The minimum Gasteiger partial charge on any atom is -0.480 e. The fraction of sp³-hybridized carbons (Fsp3) is 0.500. The summed E-state index contributed by atoms with van der Waals surface area (Å²) in [6.07, 6.45) is -4.79. The number of ether oxygens (including phenoxy) is 1. The quantitative estimate of drug-likeness (QED) is 0.896. The molecule has 4 nitrogen and oxygen atoms in total. The van der Waals surface area contributed by atoms with Crippen LogP contribution in [0.15, 0.2) is 24.3 Å². The highest BCUT2D eigenvalue weighted by atomic mass is 19.4. The van der Waals surface area contributed by atoms with Crippen molar-refractivity contribution in [2.75, 3.05) is 13.2 Å². The molecule has 2 N–H and O–H groups in total. The van der Waals surface area contributed by atoms with E-state index in [4.69, 9.17) is 9.84 Å². The average molecular weight is 303 g/mol. The molecule has 1 aromatic rings. The summed E-state index contributed by atoms with van der Waals surface area (Å²) >= 11 is 0. The molecule has 0 radical (unpaired) electrons. The van der Waals surface area contributed by atoms with Crippen LogP contribution in [0.25, 0.3) is 0 Å². The van der Waals surface area contributed by atoms with Crippen molar-refractivity contribution >= 4 is 5.97 Å². The molecule has 0 spiro atoms. The van der Waals surface area contributed by atoms with Gasteiger partial charge < -0.3 is 9.84 Å². The summed E-state index contributed by atoms with van der Waals surface area (Å²) in [5.74, 6) is -1.96. The van der Waals surface area contributed by atoms with Gasteiger partial charge in [-0.3, -0.25) is 5.32 Å². The third-order valence-electron chi connectivity index (χ3n) is 3.73. The van der Waals surface area contributed by atoms with Gasteiger partial charge in [0, 0.05) is 6.54 Å². The summed E-state index contributed by atoms with van der Waals surface area (Å²) < 4.78 is 44.2. The fourth-order valence-electron chi connectivity index (χ4n) is 2.24. The number of aliphatic carboxylic acids is 1. The second kappa shape index (κ2) is 5.65. The molecular formula is C14H16F3NO3. The molecule has 7 heteroatoms. The van der Waals surface area contributed by atoms with Crippen LogP contribution in [0.5, 0.6) is 0 Å². The lowest BCUT2D eigenvalue weighted by Gasteiger charge is -2.32. The first-order valence-electron chi connectivity index (χ1n) is 6.50. The van der Waals surface area contributed by atoms with Gasteiger partial charge in [-0.1, -0.05) is 24.3 Å². The Hall–Kier alpha value is -1.60. The van der Waals surface area contributed by atoms with E-state index in [1.54, 1.807) is 12.1 Å². The molecule has 1 aliphatic rings. The zero-order valence-electron chi connectivity index (χ0n) is 11.4. The van der Waals surface area contributed by atoms with Crippen LogP contribution in [0, 0.1) is 0 Å². The monoisotopic (exact) mass is 303 g/mol. The second-order valence-corrected chi connectivity index (χ2v) is 5.12. The molecule has 1 aromatic carbocycles. The molecule has 0 amide bonds. The lowest BCUT2D eigenvalue weighted by atomic mass is 9.96. The molecule has 116 valence electrons. The Bertz CT molecular complexity index is 532. The van der Waals surface area contributed by atoms with Crippen LogP contribution in [-0.2, 0) is 16.0 Å². The predicted molar refractivity (Wildman–Crippen MR) is 68.9 cm³/mol. The van der Waals surface area contributed by atoms with Crippen LogP contribution >= 0.6 is 0 Å². The topological polar surface area (TPSA) is 58.6 Å². The Morgan fingerprint density at radius 3 is 2.71 bits per heavy atom. The Morgan fingerprint density at radius 2 is 2.10 bits per heavy atom. The van der Waals surface area contributed by atoms with Gasteiger partial charge in [-0.05, 0) is 24.5 Å². The maximum Gasteiger partial charge on any atom is 0.417 e. The standard InChI is InChI=1S/C14H16F3NO3/c1-13(12(19)20,14(15,16)17)18-8-11-10-5-3-2-4-9(10)6-7-21-11/h2-5,11,18H,6-8H2,1H3,(H,19,20). The molecule has 0 saturated heterocycles. The van der Waals surface area contributed by atoms with Crippen molar-refractivity contribution in [3.63, 3.8) is 0 Å². The molecule has 2 rings (SSSR count). The highest BCUT2D eigenvalue weighted by molar-refractivity contribution is 5.79. The molecular weight excluding hydrogens is 287 g/mol. The first-order chi connectivity index (χ1) is 9.75. The van der Waals surface area contributed by atoms with Gasteiger partial charge in [0.1, 0.15) is 0 Å². The maximum atomic E-state index is 12.9. The third kappa shape index (κ3) is 3.03. The third-order valence-corrected chi connectivity index (χ3v) is 3.73. The fourth-order valence-corrected chi connectivity index (χ4v) is 2.24. The van der Waals surface area contributed by atoms with Gasteiger partial charge >= 0.3 is 12.1 Å². The Balaban J connectivity index is 2.15. The Kier molecular flexibility index (Phi) is 4.25. The molecule has 2 atom stereocenters. The van der Waals surface area contributed by atoms with E-state index in [0.717, 1.165) is 11.1 Å². The molecule has 1 aliphatic heterocycles. The van der Waals surface area contributed by atoms with Gasteiger partial charge in [0.25, 0.3) is 0 Å². The lowest BCUT2D eigenvalue weighted by Crippen LogP contribution is -2.61. The highest BCUT2D eigenvalue weighted by Crippen LogP contribution is 2.32. The summed E-state index contributed by atoms with van der Waals surface area (Å²) in [4.78, 5) is 11.0. The van der Waals surface area contributed by atoms with Crippen molar-refractivity contribution in [3.8, 4) is 0 Å². The molecule has 1 heterocycles. The van der Waals surface area contributed by atoms with Crippen LogP contribution in [0.2, 0.25) is 0 Å². The number of fused-ring (bicyclic) bond motifs is 1. The van der Waals surface area contributed by atoms with Crippen molar-refractivity contribution in [2.24, 2.45) is 0 Å². The first-order valence-corrected chi connectivity index (χ1v) is 6.50. The summed E-state index contributed by atoms with van der Waals surface area (Å²) in [5.41, 5.74) is -1.19. The number of halogens is 3. The van der Waals surface area contributed by atoms with Crippen LogP contribution in [0.3, 0.4) is 0 Å². The van der Waals surface area contributed by atoms with Gasteiger partial charge in [-0.15, -0.1) is 0 Å². The minimum absolute atomic E-state index is 0.223. The Morgan fingerprint density at radius 1 is 1.43 bits per heavy atom. The number of rotatable bonds is 4. The van der Waals surface area contributed by atoms with E-state index >= 15 is 0 Å². The van der Waals surface area contributed by atoms with Crippen molar-refractivity contribution in [1.82, 2.24) is 5.32 Å². The lowest BCUT2D eigenvalue weighted by molar-refractivity contribution is -0.207. The summed E-state index contributed by atoms with van der Waals surface area (Å²) in [5, 5.41) is 11.0. The van der Waals surface area contributed by atoms with E-state index in [-0.39, 0.29) is 6.54 Å². The van der Waals surface area contributed by atoms with E-state index in [9.17, 15) is 18.0 Å². The van der Waals surface area contributed by atoms with Crippen LogP contribution < -0.4 is 5.32 Å². The van der Waals surface area contributed by atoms with Crippen LogP contribution in [0.4, 0.5) is 13.2 Å². The Labute approximate surface area is 119 Å². The zero-order valence-corrected chi connectivity index (χ0v) is 11.4. The van der Waals surface area contributed by atoms with Gasteiger partial charge in [0.05, 0.1) is 12.7 Å². The molecule has 0 bridgehead atoms. The number of carboxylic acid groups (broad SMARTS) is 1. The maximum absolute atomic E-state index is 12.9. The van der Waals surface area contributed by atoms with Crippen molar-refractivity contribution in [1.29, 1.82) is 0 Å². The number of alkyl halides is 3. The summed E-state index contributed by atoms with van der Waals surface area (Å²) in [6.45, 7) is 0.794. The van der Waals surface area contributed by atoms with Crippen molar-refractivity contribution < 1.29 is 27.8 Å². The van der Waals surface area contributed by atoms with Gasteiger partial charge in [-0.25, -0.2) is 4.79 Å². The van der Waals surface area contributed by atoms with E-state index < -0.39 is 23.8 Å². The van der Waals surface area contributed by atoms with Gasteiger partial charge in [0.2, 0.25) is 5.54 Å². The normalized spacial score (nSPS) is 21.4. The number of carboxylic acids is 1. The minimum atomic E-state index is -4.90. The highest BCUT2D eigenvalue weighted by Gasteiger charge is 2.57. The van der Waals surface area contributed by atoms with Crippen molar-refractivity contribution in [2.45, 2.75) is 31.2 Å². The zero-order chi connectivity index (χ0) is 15.7. The number of carbonyl (C=O) groups is 1. The molecule has 0 aliphatic carbocycles. The average Bonchev–Trinajstić information content (AvgIpc) is 2.43. The summed E-state index contributed by atoms with van der Waals surface area (Å²) in [7, 11) is 0. The first kappa shape index (κ1) is 15.8. The smallest absolute Gasteiger partial charge is 0.417 e.